The van der Waals surface area contributed by atoms with E-state index in [1.807, 2.05) is 0 Å². The van der Waals surface area contributed by atoms with Gasteiger partial charge < -0.3 is 5.11 Å². The fourth-order valence-corrected chi connectivity index (χ4v) is 5.25. The summed E-state index contributed by atoms with van der Waals surface area (Å²) in [4.78, 5) is 0.0917. The Morgan fingerprint density at radius 2 is 1.89 bits per heavy atom. The standard InChI is InChI=1S/C15H23Br2ClO/c1-9-7-10(19)12(16)13(2,3)15(9)6-5-14(4,17)11(18)8-15/h10-12,19H,1,5-8H2,2-4H3/t10-,11-,12-,14-,15?/m0/s1. The van der Waals surface area contributed by atoms with Crippen molar-refractivity contribution in [3.8, 4) is 0 Å². The van der Waals surface area contributed by atoms with Crippen LogP contribution in [0.3, 0.4) is 0 Å². The smallest absolute Gasteiger partial charge is 0.0707 e. The van der Waals surface area contributed by atoms with E-state index in [1.165, 1.54) is 5.57 Å². The lowest BCUT2D eigenvalue weighted by Crippen LogP contribution is -2.58. The zero-order chi connectivity index (χ0) is 14.6. The molecule has 0 bridgehead atoms. The first-order valence-corrected chi connectivity index (χ1v) is 9.02. The average molecular weight is 415 g/mol. The first-order chi connectivity index (χ1) is 8.54. The molecular formula is C15H23Br2ClO. The van der Waals surface area contributed by atoms with Gasteiger partial charge in [0, 0.05) is 14.5 Å². The summed E-state index contributed by atoms with van der Waals surface area (Å²) in [5.74, 6) is 0. The number of hydrogen-bond acceptors (Lipinski definition) is 1. The molecule has 5 atom stereocenters. The van der Waals surface area contributed by atoms with Crippen LogP contribution in [0.15, 0.2) is 12.2 Å². The second kappa shape index (κ2) is 5.00. The van der Waals surface area contributed by atoms with Crippen molar-refractivity contribution in [2.24, 2.45) is 10.8 Å². The molecule has 0 aromatic rings. The third kappa shape index (κ3) is 2.37. The molecule has 2 aliphatic carbocycles. The van der Waals surface area contributed by atoms with Gasteiger partial charge >= 0.3 is 0 Å². The summed E-state index contributed by atoms with van der Waals surface area (Å²) in [5.41, 5.74) is 1.16. The van der Waals surface area contributed by atoms with Gasteiger partial charge in [-0.3, -0.25) is 0 Å². The zero-order valence-corrected chi connectivity index (χ0v) is 15.8. The molecule has 0 amide bonds. The van der Waals surface area contributed by atoms with Crippen molar-refractivity contribution >= 4 is 43.5 Å². The average Bonchev–Trinajstić information content (AvgIpc) is 2.29. The molecule has 1 N–H and O–H groups in total. The predicted molar refractivity (Wildman–Crippen MR) is 89.5 cm³/mol. The third-order valence-electron chi connectivity index (χ3n) is 5.61. The van der Waals surface area contributed by atoms with E-state index in [2.05, 4.69) is 59.2 Å². The molecule has 2 saturated carbocycles. The summed E-state index contributed by atoms with van der Waals surface area (Å²) in [6.07, 6.45) is 3.39. The minimum atomic E-state index is -0.348. The molecule has 110 valence electrons. The van der Waals surface area contributed by atoms with Gasteiger partial charge in [-0.1, -0.05) is 57.9 Å². The van der Waals surface area contributed by atoms with E-state index in [-0.39, 0.29) is 31.5 Å². The van der Waals surface area contributed by atoms with E-state index in [0.717, 1.165) is 19.3 Å². The van der Waals surface area contributed by atoms with Crippen molar-refractivity contribution in [2.75, 3.05) is 0 Å². The first kappa shape index (κ1) is 16.3. The van der Waals surface area contributed by atoms with Crippen molar-refractivity contribution in [3.63, 3.8) is 0 Å². The van der Waals surface area contributed by atoms with Gasteiger partial charge in [-0.25, -0.2) is 0 Å². The van der Waals surface area contributed by atoms with Gasteiger partial charge in [0.15, 0.2) is 0 Å². The monoisotopic (exact) mass is 412 g/mol. The van der Waals surface area contributed by atoms with Gasteiger partial charge in [0.1, 0.15) is 0 Å². The van der Waals surface area contributed by atoms with Crippen LogP contribution in [0.2, 0.25) is 0 Å². The lowest BCUT2D eigenvalue weighted by atomic mass is 9.49. The van der Waals surface area contributed by atoms with Crippen molar-refractivity contribution in [1.29, 1.82) is 0 Å². The Balaban J connectivity index is 2.39. The molecule has 1 nitrogen and oxygen atoms in total. The Labute approximate surface area is 138 Å². The highest BCUT2D eigenvalue weighted by molar-refractivity contribution is 9.10. The normalized spacial score (nSPS) is 50.5. The van der Waals surface area contributed by atoms with E-state index in [4.69, 9.17) is 11.6 Å². The lowest BCUT2D eigenvalue weighted by molar-refractivity contribution is -0.0175. The number of halogens is 3. The number of aliphatic hydroxyl groups excluding tert-OH is 1. The number of aliphatic hydroxyl groups is 1. The molecular weight excluding hydrogens is 391 g/mol. The molecule has 4 heteroatoms. The molecule has 1 unspecified atom stereocenters. The Bertz CT molecular complexity index is 394. The second-order valence-electron chi connectivity index (χ2n) is 7.03. The number of rotatable bonds is 0. The zero-order valence-electron chi connectivity index (χ0n) is 11.8. The van der Waals surface area contributed by atoms with E-state index in [9.17, 15) is 5.11 Å². The van der Waals surface area contributed by atoms with Crippen LogP contribution in [0.25, 0.3) is 0 Å². The maximum absolute atomic E-state index is 10.2. The van der Waals surface area contributed by atoms with E-state index >= 15 is 0 Å². The molecule has 0 aromatic carbocycles. The van der Waals surface area contributed by atoms with Gasteiger partial charge in [-0.2, -0.15) is 0 Å². The quantitative estimate of drug-likeness (QED) is 0.435. The van der Waals surface area contributed by atoms with Gasteiger partial charge in [0.05, 0.1) is 6.10 Å². The summed E-state index contributed by atoms with van der Waals surface area (Å²) in [5, 5.41) is 10.3. The van der Waals surface area contributed by atoms with Crippen molar-refractivity contribution < 1.29 is 5.11 Å². The topological polar surface area (TPSA) is 20.2 Å². The molecule has 2 aliphatic rings. The summed E-state index contributed by atoms with van der Waals surface area (Å²) in [6.45, 7) is 10.9. The fraction of sp³-hybridized carbons (Fsp3) is 0.867. The van der Waals surface area contributed by atoms with Crippen LogP contribution in [-0.4, -0.2) is 25.7 Å². The van der Waals surface area contributed by atoms with E-state index < -0.39 is 0 Å². The van der Waals surface area contributed by atoms with Crippen LogP contribution in [0.4, 0.5) is 0 Å². The van der Waals surface area contributed by atoms with E-state index in [0.29, 0.717) is 6.42 Å². The van der Waals surface area contributed by atoms with Gasteiger partial charge in [-0.05, 0) is 43.4 Å². The van der Waals surface area contributed by atoms with Crippen molar-refractivity contribution in [2.45, 2.75) is 67.1 Å². The predicted octanol–water partition coefficient (Wildman–Crippen LogP) is 5.03. The van der Waals surface area contributed by atoms with Gasteiger partial charge in [-0.15, -0.1) is 11.6 Å². The second-order valence-corrected chi connectivity index (χ2v) is 10.4. The Hall–Kier alpha value is 0.950. The van der Waals surface area contributed by atoms with Crippen LogP contribution in [0, 0.1) is 10.8 Å². The molecule has 2 fully saturated rings. The Kier molecular flexibility index (Phi) is 4.29. The fourth-order valence-electron chi connectivity index (χ4n) is 3.89. The molecule has 0 aliphatic heterocycles. The molecule has 0 aromatic heterocycles. The maximum atomic E-state index is 10.2. The van der Waals surface area contributed by atoms with Crippen LogP contribution in [0.5, 0.6) is 0 Å². The number of hydrogen-bond donors (Lipinski definition) is 1. The Morgan fingerprint density at radius 3 is 2.42 bits per heavy atom. The van der Waals surface area contributed by atoms with Crippen molar-refractivity contribution in [1.82, 2.24) is 0 Å². The minimum Gasteiger partial charge on any atom is -0.392 e. The van der Waals surface area contributed by atoms with Crippen molar-refractivity contribution in [3.05, 3.63) is 12.2 Å². The largest absolute Gasteiger partial charge is 0.392 e. The molecule has 0 saturated heterocycles. The Morgan fingerprint density at radius 1 is 1.32 bits per heavy atom. The molecule has 19 heavy (non-hydrogen) atoms. The highest BCUT2D eigenvalue weighted by atomic mass is 79.9. The summed E-state index contributed by atoms with van der Waals surface area (Å²) >= 11 is 14.1. The number of alkyl halides is 3. The molecule has 0 heterocycles. The lowest BCUT2D eigenvalue weighted by Gasteiger charge is -2.60. The van der Waals surface area contributed by atoms with Crippen LogP contribution < -0.4 is 0 Å². The SMILES string of the molecule is C=C1C[C@H](O)[C@H](Br)C(C)(C)C12CC[C@](C)(Br)[C@@H](Cl)C2. The van der Waals surface area contributed by atoms with Crippen LogP contribution in [0.1, 0.15) is 46.5 Å². The summed E-state index contributed by atoms with van der Waals surface area (Å²) < 4.78 is 0.00797. The van der Waals surface area contributed by atoms with E-state index in [1.54, 1.807) is 0 Å². The van der Waals surface area contributed by atoms with Gasteiger partial charge in [0.25, 0.3) is 0 Å². The highest BCUT2D eigenvalue weighted by Gasteiger charge is 2.59. The minimum absolute atomic E-state index is 0.00797. The molecule has 2 rings (SSSR count). The highest BCUT2D eigenvalue weighted by Crippen LogP contribution is 2.64. The maximum Gasteiger partial charge on any atom is 0.0707 e. The summed E-state index contributed by atoms with van der Waals surface area (Å²) in [7, 11) is 0. The van der Waals surface area contributed by atoms with Gasteiger partial charge in [0.2, 0.25) is 0 Å². The summed E-state index contributed by atoms with van der Waals surface area (Å²) in [6, 6.07) is 0. The third-order valence-corrected chi connectivity index (χ3v) is 9.22. The molecule has 0 radical (unpaired) electrons. The first-order valence-electron chi connectivity index (χ1n) is 6.88. The van der Waals surface area contributed by atoms with Crippen LogP contribution in [-0.2, 0) is 0 Å². The van der Waals surface area contributed by atoms with Crippen LogP contribution >= 0.6 is 43.5 Å². The molecule has 1 spiro atoms.